The smallest absolute Gasteiger partial charge is 0.274 e. The van der Waals surface area contributed by atoms with Gasteiger partial charge in [-0.1, -0.05) is 45.0 Å². The van der Waals surface area contributed by atoms with E-state index in [1.165, 1.54) is 24.0 Å². The summed E-state index contributed by atoms with van der Waals surface area (Å²) in [6.07, 6.45) is 1.48. The van der Waals surface area contributed by atoms with Crippen LogP contribution in [0.1, 0.15) is 42.3 Å². The number of fused-ring (bicyclic) bond motifs is 1. The quantitative estimate of drug-likeness (QED) is 0.561. The summed E-state index contributed by atoms with van der Waals surface area (Å²) in [6, 6.07) is 12.7. The first-order valence-electron chi connectivity index (χ1n) is 8.32. The van der Waals surface area contributed by atoms with Gasteiger partial charge in [-0.15, -0.1) is 0 Å². The van der Waals surface area contributed by atoms with Gasteiger partial charge >= 0.3 is 0 Å². The van der Waals surface area contributed by atoms with Crippen molar-refractivity contribution in [2.45, 2.75) is 32.7 Å². The van der Waals surface area contributed by atoms with Gasteiger partial charge in [-0.25, -0.2) is 10.5 Å². The van der Waals surface area contributed by atoms with Crippen LogP contribution in [0.25, 0.3) is 10.9 Å². The summed E-state index contributed by atoms with van der Waals surface area (Å²) >= 11 is 0. The largest absolute Gasteiger partial charge is 0.294 e. The SMILES string of the molecule is CC(C)(C)c1ccc(Cn2cnc3cc(C(=O)NO)ccc3c2=O)cc1. The van der Waals surface area contributed by atoms with Crippen LogP contribution in [0.15, 0.2) is 53.6 Å². The molecule has 0 spiro atoms. The van der Waals surface area contributed by atoms with Crippen LogP contribution >= 0.6 is 0 Å². The van der Waals surface area contributed by atoms with Gasteiger partial charge in [0.2, 0.25) is 0 Å². The molecule has 1 heterocycles. The van der Waals surface area contributed by atoms with Crippen LogP contribution in [0.2, 0.25) is 0 Å². The highest BCUT2D eigenvalue weighted by Crippen LogP contribution is 2.22. The summed E-state index contributed by atoms with van der Waals surface area (Å²) in [5, 5.41) is 9.13. The molecule has 2 aromatic carbocycles. The fourth-order valence-corrected chi connectivity index (χ4v) is 2.78. The molecule has 0 bridgehead atoms. The third-order valence-corrected chi connectivity index (χ3v) is 4.36. The van der Waals surface area contributed by atoms with Crippen molar-refractivity contribution in [1.82, 2.24) is 15.0 Å². The van der Waals surface area contributed by atoms with Crippen molar-refractivity contribution in [3.05, 3.63) is 75.8 Å². The van der Waals surface area contributed by atoms with Gasteiger partial charge < -0.3 is 0 Å². The van der Waals surface area contributed by atoms with E-state index in [2.05, 4.69) is 37.9 Å². The number of hydrogen-bond donors (Lipinski definition) is 2. The maximum Gasteiger partial charge on any atom is 0.274 e. The molecule has 1 amide bonds. The number of nitrogens with one attached hydrogen (secondary N) is 1. The fourth-order valence-electron chi connectivity index (χ4n) is 2.78. The van der Waals surface area contributed by atoms with E-state index in [9.17, 15) is 9.59 Å². The lowest BCUT2D eigenvalue weighted by molar-refractivity contribution is 0.0706. The monoisotopic (exact) mass is 351 g/mol. The van der Waals surface area contributed by atoms with Gasteiger partial charge in [0, 0.05) is 5.56 Å². The Morgan fingerprint density at radius 1 is 1.15 bits per heavy atom. The van der Waals surface area contributed by atoms with Crippen LogP contribution in [0, 0.1) is 0 Å². The minimum absolute atomic E-state index is 0.0818. The first kappa shape index (κ1) is 17.8. The molecule has 2 N–H and O–H groups in total. The van der Waals surface area contributed by atoms with Crippen LogP contribution in [-0.4, -0.2) is 20.7 Å². The zero-order chi connectivity index (χ0) is 18.9. The minimum atomic E-state index is -0.642. The first-order valence-corrected chi connectivity index (χ1v) is 8.32. The molecule has 0 atom stereocenters. The summed E-state index contributed by atoms with van der Waals surface area (Å²) in [5.41, 5.74) is 4.37. The van der Waals surface area contributed by atoms with E-state index in [0.29, 0.717) is 17.4 Å². The Kier molecular flexibility index (Phi) is 4.61. The molecule has 6 nitrogen and oxygen atoms in total. The van der Waals surface area contributed by atoms with Crippen LogP contribution in [-0.2, 0) is 12.0 Å². The lowest BCUT2D eigenvalue weighted by Gasteiger charge is -2.19. The van der Waals surface area contributed by atoms with Crippen LogP contribution in [0.4, 0.5) is 0 Å². The molecule has 0 aliphatic rings. The molecule has 0 saturated heterocycles. The Balaban J connectivity index is 1.92. The van der Waals surface area contributed by atoms with E-state index >= 15 is 0 Å². The normalized spacial score (nSPS) is 11.5. The molecule has 0 saturated carbocycles. The summed E-state index contributed by atoms with van der Waals surface area (Å²) in [5.74, 6) is -0.642. The van der Waals surface area contributed by atoms with Gasteiger partial charge in [-0.05, 0) is 34.7 Å². The number of carbonyl (C=O) groups excluding carboxylic acids is 1. The molecule has 0 aliphatic carbocycles. The molecule has 134 valence electrons. The Morgan fingerprint density at radius 2 is 1.85 bits per heavy atom. The van der Waals surface area contributed by atoms with Gasteiger partial charge in [-0.2, -0.15) is 0 Å². The molecule has 26 heavy (non-hydrogen) atoms. The predicted molar refractivity (Wildman–Crippen MR) is 99.5 cm³/mol. The second-order valence-corrected chi connectivity index (χ2v) is 7.30. The fraction of sp³-hybridized carbons (Fsp3) is 0.250. The van der Waals surface area contributed by atoms with Gasteiger partial charge in [0.05, 0.1) is 23.8 Å². The summed E-state index contributed by atoms with van der Waals surface area (Å²) < 4.78 is 1.54. The topological polar surface area (TPSA) is 84.2 Å². The standard InChI is InChI=1S/C20H21N3O3/c1-20(2,3)15-7-4-13(5-8-15)11-23-12-21-17-10-14(18(24)22-26)6-9-16(17)19(23)25/h4-10,12,26H,11H2,1-3H3,(H,22,24). The second kappa shape index (κ2) is 6.72. The Morgan fingerprint density at radius 3 is 2.46 bits per heavy atom. The molecule has 0 unspecified atom stereocenters. The van der Waals surface area contributed by atoms with Gasteiger partial charge in [0.15, 0.2) is 0 Å². The van der Waals surface area contributed by atoms with Crippen molar-refractivity contribution in [2.75, 3.05) is 0 Å². The summed E-state index contributed by atoms with van der Waals surface area (Å²) in [6.45, 7) is 6.90. The average molecular weight is 351 g/mol. The predicted octanol–water partition coefficient (Wildman–Crippen LogP) is 2.86. The third-order valence-electron chi connectivity index (χ3n) is 4.36. The zero-order valence-electron chi connectivity index (χ0n) is 15.0. The van der Waals surface area contributed by atoms with Crippen molar-refractivity contribution in [2.24, 2.45) is 0 Å². The molecule has 0 radical (unpaired) electrons. The number of benzene rings is 2. The van der Waals surface area contributed by atoms with Crippen molar-refractivity contribution in [3.63, 3.8) is 0 Å². The van der Waals surface area contributed by atoms with E-state index < -0.39 is 5.91 Å². The summed E-state index contributed by atoms with van der Waals surface area (Å²) in [4.78, 5) is 28.4. The lowest BCUT2D eigenvalue weighted by Crippen LogP contribution is -2.22. The van der Waals surface area contributed by atoms with E-state index in [1.54, 1.807) is 16.1 Å². The number of hydroxylamine groups is 1. The Hall–Kier alpha value is -2.99. The van der Waals surface area contributed by atoms with E-state index in [4.69, 9.17) is 5.21 Å². The molecule has 3 aromatic rings. The molecule has 1 aromatic heterocycles. The molecular weight excluding hydrogens is 330 g/mol. The summed E-state index contributed by atoms with van der Waals surface area (Å²) in [7, 11) is 0. The number of aromatic nitrogens is 2. The minimum Gasteiger partial charge on any atom is -0.294 e. The van der Waals surface area contributed by atoms with E-state index in [-0.39, 0.29) is 16.5 Å². The number of amides is 1. The number of carbonyl (C=O) groups is 1. The van der Waals surface area contributed by atoms with Gasteiger partial charge in [0.1, 0.15) is 0 Å². The molecule has 0 fully saturated rings. The number of hydrogen-bond acceptors (Lipinski definition) is 4. The highest BCUT2D eigenvalue weighted by atomic mass is 16.5. The maximum absolute atomic E-state index is 12.7. The van der Waals surface area contributed by atoms with E-state index in [0.717, 1.165) is 5.56 Å². The number of rotatable bonds is 3. The van der Waals surface area contributed by atoms with Crippen molar-refractivity contribution in [1.29, 1.82) is 0 Å². The van der Waals surface area contributed by atoms with Crippen molar-refractivity contribution < 1.29 is 10.0 Å². The number of nitrogens with zero attached hydrogens (tertiary/aromatic N) is 2. The van der Waals surface area contributed by atoms with Gasteiger partial charge in [-0.3, -0.25) is 19.4 Å². The lowest BCUT2D eigenvalue weighted by atomic mass is 9.87. The first-order chi connectivity index (χ1) is 12.3. The zero-order valence-corrected chi connectivity index (χ0v) is 15.0. The molecule has 0 aliphatic heterocycles. The average Bonchev–Trinajstić information content (AvgIpc) is 2.63. The molecular formula is C20H21N3O3. The van der Waals surface area contributed by atoms with Crippen LogP contribution in [0.5, 0.6) is 0 Å². The van der Waals surface area contributed by atoms with E-state index in [1.807, 2.05) is 12.1 Å². The maximum atomic E-state index is 12.7. The van der Waals surface area contributed by atoms with Crippen LogP contribution in [0.3, 0.4) is 0 Å². The Bertz CT molecular complexity index is 1020. The molecule has 6 heteroatoms. The van der Waals surface area contributed by atoms with Gasteiger partial charge in [0.25, 0.3) is 11.5 Å². The van der Waals surface area contributed by atoms with Crippen LogP contribution < -0.4 is 11.0 Å². The highest BCUT2D eigenvalue weighted by molar-refractivity contribution is 5.96. The Labute approximate surface area is 151 Å². The highest BCUT2D eigenvalue weighted by Gasteiger charge is 2.13. The third kappa shape index (κ3) is 3.50. The van der Waals surface area contributed by atoms with Crippen molar-refractivity contribution in [3.8, 4) is 0 Å². The second-order valence-electron chi connectivity index (χ2n) is 7.30. The van der Waals surface area contributed by atoms with Crippen molar-refractivity contribution >= 4 is 16.8 Å². The molecule has 3 rings (SSSR count).